The minimum atomic E-state index is -0.355. The molecule has 4 aliphatic carbocycles. The van der Waals surface area contributed by atoms with E-state index in [9.17, 15) is 4.79 Å². The van der Waals surface area contributed by atoms with Crippen molar-refractivity contribution < 1.29 is 9.53 Å². The minimum Gasteiger partial charge on any atom is -0.468 e. The number of nitrogens with one attached hydrogen (secondary N) is 3. The lowest BCUT2D eigenvalue weighted by molar-refractivity contribution is -0.143. The van der Waals surface area contributed by atoms with Gasteiger partial charge in [-0.3, -0.25) is 10.1 Å². The van der Waals surface area contributed by atoms with Crippen LogP contribution in [0.4, 0.5) is 5.69 Å². The lowest BCUT2D eigenvalue weighted by atomic mass is 9.53. The molecule has 4 fully saturated rings. The van der Waals surface area contributed by atoms with E-state index in [1.54, 1.807) is 0 Å². The first-order valence-electron chi connectivity index (χ1n) is 12.9. The van der Waals surface area contributed by atoms with Crippen molar-refractivity contribution in [3.8, 4) is 0 Å². The van der Waals surface area contributed by atoms with Gasteiger partial charge in [0.05, 0.1) is 13.2 Å². The van der Waals surface area contributed by atoms with Crippen LogP contribution in [0.3, 0.4) is 0 Å². The van der Waals surface area contributed by atoms with Crippen LogP contribution in [0.25, 0.3) is 10.9 Å². The van der Waals surface area contributed by atoms with Crippen molar-refractivity contribution in [2.45, 2.75) is 62.6 Å². The second-order valence-corrected chi connectivity index (χ2v) is 11.4. The summed E-state index contributed by atoms with van der Waals surface area (Å²) in [7, 11) is 1.47. The van der Waals surface area contributed by atoms with Gasteiger partial charge in [-0.2, -0.15) is 0 Å². The average molecular weight is 456 g/mol. The number of H-pyrrole nitrogens is 1. The Labute approximate surface area is 200 Å². The summed E-state index contributed by atoms with van der Waals surface area (Å²) >= 11 is 0. The molecule has 8 rings (SSSR count). The first-order valence-corrected chi connectivity index (χ1v) is 12.9. The van der Waals surface area contributed by atoms with E-state index in [0.29, 0.717) is 12.0 Å². The molecular weight excluding hydrogens is 422 g/mol. The maximum absolute atomic E-state index is 12.5. The topological polar surface area (TPSA) is 66.2 Å². The SMILES string of the molecule is COC(=O)[C@H]1Cc2c([nH]c3ccccc23)[C@H](c2ccc(NC34CC5CC(CC(C5)C3)C4)cc2)N1. The van der Waals surface area contributed by atoms with E-state index in [1.165, 1.54) is 62.3 Å². The highest BCUT2D eigenvalue weighted by molar-refractivity contribution is 5.87. The molecule has 176 valence electrons. The molecule has 5 aliphatic rings. The van der Waals surface area contributed by atoms with Gasteiger partial charge in [-0.1, -0.05) is 30.3 Å². The summed E-state index contributed by atoms with van der Waals surface area (Å²) in [4.78, 5) is 16.1. The van der Waals surface area contributed by atoms with Gasteiger partial charge in [-0.15, -0.1) is 0 Å². The van der Waals surface area contributed by atoms with Crippen LogP contribution in [0.15, 0.2) is 48.5 Å². The van der Waals surface area contributed by atoms with Crippen LogP contribution in [0.2, 0.25) is 0 Å². The highest BCUT2D eigenvalue weighted by atomic mass is 16.5. The van der Waals surface area contributed by atoms with Gasteiger partial charge in [0.2, 0.25) is 0 Å². The van der Waals surface area contributed by atoms with Gasteiger partial charge in [-0.25, -0.2) is 0 Å². The normalized spacial score (nSPS) is 33.6. The average Bonchev–Trinajstić information content (AvgIpc) is 3.21. The molecule has 2 aromatic carbocycles. The number of fused-ring (bicyclic) bond motifs is 3. The number of anilines is 1. The fraction of sp³-hybridized carbons (Fsp3) is 0.483. The number of hydrogen-bond donors (Lipinski definition) is 3. The summed E-state index contributed by atoms with van der Waals surface area (Å²) in [5.74, 6) is 2.58. The van der Waals surface area contributed by atoms with E-state index in [-0.39, 0.29) is 18.1 Å². The largest absolute Gasteiger partial charge is 0.468 e. The van der Waals surface area contributed by atoms with Crippen LogP contribution < -0.4 is 10.6 Å². The van der Waals surface area contributed by atoms with Gasteiger partial charge in [-0.05, 0) is 85.6 Å². The van der Waals surface area contributed by atoms with Gasteiger partial charge >= 0.3 is 5.97 Å². The van der Waals surface area contributed by atoms with Crippen molar-refractivity contribution in [3.05, 3.63) is 65.4 Å². The minimum absolute atomic E-state index is 0.0751. The van der Waals surface area contributed by atoms with Crippen LogP contribution >= 0.6 is 0 Å². The zero-order chi connectivity index (χ0) is 22.9. The third-order valence-corrected chi connectivity index (χ3v) is 9.09. The summed E-state index contributed by atoms with van der Waals surface area (Å²) in [5, 5.41) is 8.74. The number of para-hydroxylation sites is 1. The lowest BCUT2D eigenvalue weighted by Gasteiger charge is -2.57. The molecule has 0 radical (unpaired) electrons. The first-order chi connectivity index (χ1) is 16.6. The van der Waals surface area contributed by atoms with Gasteiger partial charge in [0.15, 0.2) is 0 Å². The number of esters is 1. The molecule has 0 amide bonds. The Morgan fingerprint density at radius 1 is 0.971 bits per heavy atom. The summed E-state index contributed by atoms with van der Waals surface area (Å²) in [6.07, 6.45) is 9.02. The lowest BCUT2D eigenvalue weighted by Crippen LogP contribution is -2.54. The van der Waals surface area contributed by atoms with Crippen molar-refractivity contribution >= 4 is 22.6 Å². The Morgan fingerprint density at radius 3 is 2.32 bits per heavy atom. The number of ether oxygens (including phenoxy) is 1. The molecule has 1 aliphatic heterocycles. The Hall–Kier alpha value is -2.79. The number of benzene rings is 2. The van der Waals surface area contributed by atoms with Crippen LogP contribution in [0, 0.1) is 17.8 Å². The molecule has 2 heterocycles. The molecule has 0 spiro atoms. The zero-order valence-corrected chi connectivity index (χ0v) is 19.8. The molecule has 0 saturated heterocycles. The number of carbonyl (C=O) groups is 1. The van der Waals surface area contributed by atoms with Gasteiger partial charge < -0.3 is 15.0 Å². The monoisotopic (exact) mass is 455 g/mol. The molecule has 34 heavy (non-hydrogen) atoms. The fourth-order valence-electron chi connectivity index (χ4n) is 8.12. The van der Waals surface area contributed by atoms with E-state index in [2.05, 4.69) is 64.1 Å². The Kier molecular flexibility index (Phi) is 4.60. The number of aromatic amines is 1. The molecule has 4 bridgehead atoms. The van der Waals surface area contributed by atoms with E-state index < -0.39 is 0 Å². The zero-order valence-electron chi connectivity index (χ0n) is 19.8. The molecule has 5 nitrogen and oxygen atoms in total. The van der Waals surface area contributed by atoms with Crippen LogP contribution in [0.1, 0.15) is 61.4 Å². The molecule has 0 unspecified atom stereocenters. The van der Waals surface area contributed by atoms with E-state index >= 15 is 0 Å². The third-order valence-electron chi connectivity index (χ3n) is 9.09. The first kappa shape index (κ1) is 20.6. The molecule has 1 aromatic heterocycles. The molecule has 3 N–H and O–H groups in total. The quantitative estimate of drug-likeness (QED) is 0.466. The van der Waals surface area contributed by atoms with E-state index in [0.717, 1.165) is 34.5 Å². The molecular formula is C29H33N3O2. The van der Waals surface area contributed by atoms with Gasteiger partial charge in [0, 0.05) is 34.2 Å². The summed E-state index contributed by atoms with van der Waals surface area (Å²) in [6.45, 7) is 0. The maximum Gasteiger partial charge on any atom is 0.323 e. The third kappa shape index (κ3) is 3.28. The molecule has 2 atom stereocenters. The predicted molar refractivity (Wildman–Crippen MR) is 134 cm³/mol. The predicted octanol–water partition coefficient (Wildman–Crippen LogP) is 5.33. The molecule has 5 heteroatoms. The standard InChI is InChI=1S/C29H33N3O2/c1-34-28(33)25-13-23-22-4-2-3-5-24(22)30-27(23)26(31-25)20-6-8-21(9-7-20)32-29-14-17-10-18(15-29)12-19(11-17)16-29/h2-9,17-19,25-26,30-32H,10-16H2,1H3/t17?,18?,19?,25-,26+,29?/m1/s1. The number of hydrogen-bond acceptors (Lipinski definition) is 4. The Bertz CT molecular complexity index is 1210. The number of carbonyl (C=O) groups excluding carboxylic acids is 1. The molecule has 3 aromatic rings. The summed E-state index contributed by atoms with van der Waals surface area (Å²) in [5.41, 5.74) is 6.18. The van der Waals surface area contributed by atoms with Gasteiger partial charge in [0.1, 0.15) is 6.04 Å². The number of aromatic nitrogens is 1. The van der Waals surface area contributed by atoms with Crippen molar-refractivity contribution in [2.24, 2.45) is 17.8 Å². The van der Waals surface area contributed by atoms with Crippen LogP contribution in [0.5, 0.6) is 0 Å². The maximum atomic E-state index is 12.5. The number of methoxy groups -OCH3 is 1. The van der Waals surface area contributed by atoms with Crippen molar-refractivity contribution in [1.82, 2.24) is 10.3 Å². The van der Waals surface area contributed by atoms with Crippen LogP contribution in [-0.2, 0) is 16.0 Å². The fourth-order valence-corrected chi connectivity index (χ4v) is 8.12. The Balaban J connectivity index is 1.19. The summed E-state index contributed by atoms with van der Waals surface area (Å²) < 4.78 is 5.11. The molecule has 4 saturated carbocycles. The highest BCUT2D eigenvalue weighted by Gasteiger charge is 2.50. The van der Waals surface area contributed by atoms with E-state index in [4.69, 9.17) is 4.74 Å². The van der Waals surface area contributed by atoms with Gasteiger partial charge in [0.25, 0.3) is 0 Å². The van der Waals surface area contributed by atoms with Crippen molar-refractivity contribution in [2.75, 3.05) is 12.4 Å². The smallest absolute Gasteiger partial charge is 0.323 e. The number of rotatable bonds is 4. The van der Waals surface area contributed by atoms with Crippen molar-refractivity contribution in [1.29, 1.82) is 0 Å². The second-order valence-electron chi connectivity index (χ2n) is 11.4. The second kappa shape index (κ2) is 7.61. The Morgan fingerprint density at radius 2 is 1.65 bits per heavy atom. The summed E-state index contributed by atoms with van der Waals surface area (Å²) in [6, 6.07) is 16.8. The van der Waals surface area contributed by atoms with E-state index in [1.807, 2.05) is 0 Å². The highest BCUT2D eigenvalue weighted by Crippen LogP contribution is 2.56. The van der Waals surface area contributed by atoms with Crippen molar-refractivity contribution in [3.63, 3.8) is 0 Å². The van der Waals surface area contributed by atoms with Crippen LogP contribution in [-0.4, -0.2) is 29.6 Å².